The summed E-state index contributed by atoms with van der Waals surface area (Å²) in [6.45, 7) is 2.75. The number of morpholine rings is 1. The van der Waals surface area contributed by atoms with Crippen LogP contribution in [-0.4, -0.2) is 55.9 Å². The minimum absolute atomic E-state index is 0.0127. The molecule has 0 aromatic heterocycles. The molecule has 0 saturated carbocycles. The molecule has 0 aromatic rings. The fraction of sp³-hybridized carbons (Fsp3) is 0.909. The zero-order chi connectivity index (χ0) is 11.4. The molecule has 2 saturated heterocycles. The van der Waals surface area contributed by atoms with Gasteiger partial charge in [-0.2, -0.15) is 0 Å². The van der Waals surface area contributed by atoms with Gasteiger partial charge in [0.15, 0.2) is 0 Å². The molecule has 0 bridgehead atoms. The van der Waals surface area contributed by atoms with Gasteiger partial charge in [0, 0.05) is 26.2 Å². The van der Waals surface area contributed by atoms with Crippen LogP contribution in [0.3, 0.4) is 0 Å². The monoisotopic (exact) mass is 228 g/mol. The maximum Gasteiger partial charge on any atom is 0.248 e. The second-order valence-electron chi connectivity index (χ2n) is 4.46. The largest absolute Gasteiger partial charge is 0.376 e. The van der Waals surface area contributed by atoms with E-state index in [0.29, 0.717) is 19.6 Å². The van der Waals surface area contributed by atoms with Crippen LogP contribution in [0.5, 0.6) is 0 Å². The van der Waals surface area contributed by atoms with Crippen LogP contribution in [0.2, 0.25) is 0 Å². The standard InChI is InChI=1S/C11H20N2O3/c12-5-10-7-13(11(14)8-16-10)6-9-3-1-2-4-15-9/h9-10H,1-8,12H2. The second kappa shape index (κ2) is 5.61. The first kappa shape index (κ1) is 11.8. The first-order valence-electron chi connectivity index (χ1n) is 6.00. The summed E-state index contributed by atoms with van der Waals surface area (Å²) in [5.41, 5.74) is 5.55. The van der Waals surface area contributed by atoms with Gasteiger partial charge in [-0.05, 0) is 19.3 Å². The molecule has 1 amide bonds. The average Bonchev–Trinajstić information content (AvgIpc) is 2.33. The summed E-state index contributed by atoms with van der Waals surface area (Å²) in [4.78, 5) is 13.5. The minimum atomic E-state index is -0.0127. The molecule has 0 aromatic carbocycles. The van der Waals surface area contributed by atoms with E-state index >= 15 is 0 Å². The number of amides is 1. The SMILES string of the molecule is NCC1CN(CC2CCCCO2)C(=O)CO1. The quantitative estimate of drug-likeness (QED) is 0.723. The van der Waals surface area contributed by atoms with E-state index in [1.807, 2.05) is 4.90 Å². The van der Waals surface area contributed by atoms with Crippen LogP contribution < -0.4 is 5.73 Å². The van der Waals surface area contributed by atoms with E-state index in [1.54, 1.807) is 0 Å². The smallest absolute Gasteiger partial charge is 0.248 e. The number of rotatable bonds is 3. The number of carbonyl (C=O) groups excluding carboxylic acids is 1. The Morgan fingerprint density at radius 1 is 1.31 bits per heavy atom. The van der Waals surface area contributed by atoms with Crippen molar-refractivity contribution in [3.8, 4) is 0 Å². The predicted octanol–water partition coefficient (Wildman–Crippen LogP) is -0.258. The molecule has 0 aliphatic carbocycles. The third kappa shape index (κ3) is 2.93. The highest BCUT2D eigenvalue weighted by Crippen LogP contribution is 2.15. The zero-order valence-corrected chi connectivity index (χ0v) is 9.56. The average molecular weight is 228 g/mol. The van der Waals surface area contributed by atoms with E-state index in [2.05, 4.69) is 0 Å². The van der Waals surface area contributed by atoms with Gasteiger partial charge >= 0.3 is 0 Å². The lowest BCUT2D eigenvalue weighted by atomic mass is 10.1. The molecular weight excluding hydrogens is 208 g/mol. The molecule has 2 atom stereocenters. The molecule has 16 heavy (non-hydrogen) atoms. The second-order valence-corrected chi connectivity index (χ2v) is 4.46. The summed E-state index contributed by atoms with van der Waals surface area (Å²) in [7, 11) is 0. The van der Waals surface area contributed by atoms with Crippen LogP contribution in [0.25, 0.3) is 0 Å². The maximum absolute atomic E-state index is 11.6. The Bertz CT molecular complexity index is 241. The fourth-order valence-corrected chi connectivity index (χ4v) is 2.20. The number of carbonyl (C=O) groups is 1. The summed E-state index contributed by atoms with van der Waals surface area (Å²) in [5, 5.41) is 0. The predicted molar refractivity (Wildman–Crippen MR) is 59.0 cm³/mol. The van der Waals surface area contributed by atoms with Gasteiger partial charge in [-0.25, -0.2) is 0 Å². The molecule has 0 spiro atoms. The number of hydrogen-bond acceptors (Lipinski definition) is 4. The van der Waals surface area contributed by atoms with E-state index in [9.17, 15) is 4.79 Å². The maximum atomic E-state index is 11.6. The molecule has 2 N–H and O–H groups in total. The van der Waals surface area contributed by atoms with Crippen molar-refractivity contribution in [1.82, 2.24) is 4.90 Å². The van der Waals surface area contributed by atoms with Gasteiger partial charge < -0.3 is 20.1 Å². The van der Waals surface area contributed by atoms with Gasteiger partial charge in [0.1, 0.15) is 6.61 Å². The highest BCUT2D eigenvalue weighted by molar-refractivity contribution is 5.78. The first-order valence-corrected chi connectivity index (χ1v) is 6.00. The van der Waals surface area contributed by atoms with Crippen LogP contribution in [-0.2, 0) is 14.3 Å². The Morgan fingerprint density at radius 2 is 2.19 bits per heavy atom. The minimum Gasteiger partial charge on any atom is -0.376 e. The van der Waals surface area contributed by atoms with Gasteiger partial charge in [-0.1, -0.05) is 0 Å². The van der Waals surface area contributed by atoms with Crippen LogP contribution >= 0.6 is 0 Å². The van der Waals surface area contributed by atoms with Crippen molar-refractivity contribution in [2.24, 2.45) is 5.73 Å². The van der Waals surface area contributed by atoms with Gasteiger partial charge in [0.25, 0.3) is 0 Å². The topological polar surface area (TPSA) is 64.8 Å². The zero-order valence-electron chi connectivity index (χ0n) is 9.56. The number of hydrogen-bond donors (Lipinski definition) is 1. The van der Waals surface area contributed by atoms with Gasteiger partial charge in [0.05, 0.1) is 12.2 Å². The normalized spacial score (nSPS) is 31.8. The molecule has 92 valence electrons. The first-order chi connectivity index (χ1) is 7.79. The van der Waals surface area contributed by atoms with Crippen LogP contribution in [0.1, 0.15) is 19.3 Å². The Hall–Kier alpha value is -0.650. The molecule has 0 radical (unpaired) electrons. The number of ether oxygens (including phenoxy) is 2. The third-order valence-electron chi connectivity index (χ3n) is 3.18. The summed E-state index contributed by atoms with van der Waals surface area (Å²) in [6, 6.07) is 0. The molecule has 2 aliphatic heterocycles. The highest BCUT2D eigenvalue weighted by atomic mass is 16.5. The summed E-state index contributed by atoms with van der Waals surface area (Å²) >= 11 is 0. The molecule has 5 nitrogen and oxygen atoms in total. The Morgan fingerprint density at radius 3 is 2.88 bits per heavy atom. The van der Waals surface area contributed by atoms with Crippen molar-refractivity contribution >= 4 is 5.91 Å². The van der Waals surface area contributed by atoms with Gasteiger partial charge in [0.2, 0.25) is 5.91 Å². The van der Waals surface area contributed by atoms with Crippen LogP contribution in [0.15, 0.2) is 0 Å². The summed E-state index contributed by atoms with van der Waals surface area (Å²) in [6.07, 6.45) is 3.58. The highest BCUT2D eigenvalue weighted by Gasteiger charge is 2.28. The van der Waals surface area contributed by atoms with Gasteiger partial charge in [-0.3, -0.25) is 4.79 Å². The fourth-order valence-electron chi connectivity index (χ4n) is 2.20. The van der Waals surface area contributed by atoms with Crippen molar-refractivity contribution in [1.29, 1.82) is 0 Å². The van der Waals surface area contributed by atoms with E-state index < -0.39 is 0 Å². The van der Waals surface area contributed by atoms with E-state index in [1.165, 1.54) is 6.42 Å². The van der Waals surface area contributed by atoms with Crippen molar-refractivity contribution in [2.75, 3.05) is 32.8 Å². The van der Waals surface area contributed by atoms with Gasteiger partial charge in [-0.15, -0.1) is 0 Å². The molecule has 5 heteroatoms. The van der Waals surface area contributed by atoms with Crippen molar-refractivity contribution in [2.45, 2.75) is 31.5 Å². The molecule has 2 fully saturated rings. The molecule has 2 unspecified atom stereocenters. The number of nitrogens with two attached hydrogens (primary N) is 1. The third-order valence-corrected chi connectivity index (χ3v) is 3.18. The Balaban J connectivity index is 1.83. The van der Waals surface area contributed by atoms with Crippen molar-refractivity contribution < 1.29 is 14.3 Å². The lowest BCUT2D eigenvalue weighted by molar-refractivity contribution is -0.151. The van der Waals surface area contributed by atoms with E-state index in [-0.39, 0.29) is 24.7 Å². The molecule has 2 rings (SSSR count). The molecular formula is C11H20N2O3. The van der Waals surface area contributed by atoms with Crippen molar-refractivity contribution in [3.63, 3.8) is 0 Å². The number of nitrogens with zero attached hydrogens (tertiary/aromatic N) is 1. The van der Waals surface area contributed by atoms with Crippen LogP contribution in [0.4, 0.5) is 0 Å². The van der Waals surface area contributed by atoms with Crippen molar-refractivity contribution in [3.05, 3.63) is 0 Å². The van der Waals surface area contributed by atoms with Crippen LogP contribution in [0, 0.1) is 0 Å². The van der Waals surface area contributed by atoms with E-state index in [0.717, 1.165) is 19.4 Å². The Labute approximate surface area is 95.9 Å². The summed E-state index contributed by atoms with van der Waals surface area (Å²) < 4.78 is 10.9. The Kier molecular flexibility index (Phi) is 4.15. The molecule has 2 aliphatic rings. The molecule has 2 heterocycles. The lowest BCUT2D eigenvalue weighted by Crippen LogP contribution is -2.51. The van der Waals surface area contributed by atoms with E-state index in [4.69, 9.17) is 15.2 Å². The summed E-state index contributed by atoms with van der Waals surface area (Å²) in [5.74, 6) is 0.0545. The lowest BCUT2D eigenvalue weighted by Gasteiger charge is -2.35.